The van der Waals surface area contributed by atoms with Gasteiger partial charge in [-0.2, -0.15) is 5.06 Å². The molecule has 1 atom stereocenters. The third-order valence-electron chi connectivity index (χ3n) is 2.04. The number of hydrogen-bond acceptors (Lipinski definition) is 2. The molecule has 0 N–H and O–H groups in total. The second kappa shape index (κ2) is 3.35. The van der Waals surface area contributed by atoms with Crippen molar-refractivity contribution in [1.82, 2.24) is 5.06 Å². The molecule has 2 heteroatoms. The van der Waals surface area contributed by atoms with Crippen molar-refractivity contribution in [1.29, 1.82) is 0 Å². The van der Waals surface area contributed by atoms with E-state index in [1.807, 2.05) is 5.06 Å². The van der Waals surface area contributed by atoms with E-state index in [0.29, 0.717) is 12.0 Å². The number of nitrogens with zero attached hydrogens (tertiary/aromatic N) is 1. The molecule has 0 radical (unpaired) electrons. The molecule has 1 saturated heterocycles. The maximum absolute atomic E-state index is 5.61. The van der Waals surface area contributed by atoms with Gasteiger partial charge in [-0.3, -0.25) is 4.84 Å². The van der Waals surface area contributed by atoms with E-state index in [1.54, 1.807) is 0 Å². The number of rotatable bonds is 2. The summed E-state index contributed by atoms with van der Waals surface area (Å²) in [4.78, 5) is 5.61. The van der Waals surface area contributed by atoms with Crippen LogP contribution in [-0.4, -0.2) is 24.3 Å². The van der Waals surface area contributed by atoms with Crippen molar-refractivity contribution in [2.24, 2.45) is 5.92 Å². The van der Waals surface area contributed by atoms with Gasteiger partial charge < -0.3 is 0 Å². The Labute approximate surface area is 63.1 Å². The van der Waals surface area contributed by atoms with E-state index in [-0.39, 0.29) is 0 Å². The molecule has 2 nitrogen and oxygen atoms in total. The quantitative estimate of drug-likeness (QED) is 0.583. The molecular formula is C8H17NO. The number of hydrogen-bond donors (Lipinski definition) is 0. The molecule has 1 rings (SSSR count). The minimum atomic E-state index is 0.472. The van der Waals surface area contributed by atoms with Crippen molar-refractivity contribution in [2.75, 3.05) is 13.1 Å². The zero-order chi connectivity index (χ0) is 7.56. The van der Waals surface area contributed by atoms with Crippen LogP contribution in [0.15, 0.2) is 0 Å². The highest BCUT2D eigenvalue weighted by Crippen LogP contribution is 2.19. The van der Waals surface area contributed by atoms with Crippen LogP contribution in [0, 0.1) is 5.92 Å². The van der Waals surface area contributed by atoms with Crippen LogP contribution in [-0.2, 0) is 4.84 Å². The normalized spacial score (nSPS) is 28.2. The Morgan fingerprint density at radius 2 is 2.30 bits per heavy atom. The van der Waals surface area contributed by atoms with Gasteiger partial charge in [-0.25, -0.2) is 0 Å². The first-order chi connectivity index (χ1) is 4.74. The molecule has 1 unspecified atom stereocenters. The average molecular weight is 143 g/mol. The van der Waals surface area contributed by atoms with Crippen molar-refractivity contribution in [3.05, 3.63) is 0 Å². The van der Waals surface area contributed by atoms with Gasteiger partial charge >= 0.3 is 0 Å². The fourth-order valence-corrected chi connectivity index (χ4v) is 1.26. The lowest BCUT2D eigenvalue weighted by Gasteiger charge is -2.16. The molecule has 0 aromatic heterocycles. The van der Waals surface area contributed by atoms with E-state index in [2.05, 4.69) is 20.8 Å². The van der Waals surface area contributed by atoms with Crippen LogP contribution in [0.1, 0.15) is 27.2 Å². The summed E-state index contributed by atoms with van der Waals surface area (Å²) in [6.07, 6.45) is 1.67. The highest BCUT2D eigenvalue weighted by atomic mass is 16.7. The molecular weight excluding hydrogens is 126 g/mol. The Morgan fingerprint density at radius 3 is 2.60 bits per heavy atom. The van der Waals surface area contributed by atoms with Gasteiger partial charge in [0.1, 0.15) is 0 Å². The average Bonchev–Trinajstić information content (AvgIpc) is 2.34. The van der Waals surface area contributed by atoms with Crippen LogP contribution >= 0.6 is 0 Å². The van der Waals surface area contributed by atoms with Gasteiger partial charge in [-0.05, 0) is 12.3 Å². The van der Waals surface area contributed by atoms with Crippen molar-refractivity contribution in [2.45, 2.75) is 33.3 Å². The van der Waals surface area contributed by atoms with Gasteiger partial charge in [-0.15, -0.1) is 0 Å². The third kappa shape index (κ3) is 1.70. The van der Waals surface area contributed by atoms with E-state index in [9.17, 15) is 0 Å². The molecule has 0 aliphatic carbocycles. The van der Waals surface area contributed by atoms with E-state index in [1.165, 1.54) is 6.42 Å². The van der Waals surface area contributed by atoms with Gasteiger partial charge in [0.05, 0.1) is 6.10 Å². The van der Waals surface area contributed by atoms with Crippen molar-refractivity contribution in [3.8, 4) is 0 Å². The van der Waals surface area contributed by atoms with Crippen LogP contribution < -0.4 is 0 Å². The minimum Gasteiger partial charge on any atom is -0.295 e. The van der Waals surface area contributed by atoms with E-state index < -0.39 is 0 Å². The Bertz CT molecular complexity index is 103. The highest BCUT2D eigenvalue weighted by molar-refractivity contribution is 4.68. The largest absolute Gasteiger partial charge is 0.295 e. The first kappa shape index (κ1) is 8.02. The molecule has 1 fully saturated rings. The fraction of sp³-hybridized carbons (Fsp3) is 1.00. The summed E-state index contributed by atoms with van der Waals surface area (Å²) >= 11 is 0. The molecule has 60 valence electrons. The Morgan fingerprint density at radius 1 is 1.60 bits per heavy atom. The zero-order valence-electron chi connectivity index (χ0n) is 7.13. The molecule has 1 aliphatic heterocycles. The van der Waals surface area contributed by atoms with Gasteiger partial charge in [0.15, 0.2) is 0 Å². The van der Waals surface area contributed by atoms with E-state index in [4.69, 9.17) is 4.84 Å². The first-order valence-electron chi connectivity index (χ1n) is 4.15. The predicted molar refractivity (Wildman–Crippen MR) is 41.6 cm³/mol. The number of hydroxylamine groups is 2. The lowest BCUT2D eigenvalue weighted by atomic mass is 10.1. The van der Waals surface area contributed by atoms with Crippen molar-refractivity contribution >= 4 is 0 Å². The standard InChI is InChI=1S/C8H17NO/c1-4-9-6-5-8(10-9)7(2)3/h7-8H,4-6H2,1-3H3. The summed E-state index contributed by atoms with van der Waals surface area (Å²) < 4.78 is 0. The molecule has 0 spiro atoms. The monoisotopic (exact) mass is 143 g/mol. The molecule has 0 amide bonds. The summed E-state index contributed by atoms with van der Waals surface area (Å²) in [5.41, 5.74) is 0. The summed E-state index contributed by atoms with van der Waals surface area (Å²) in [6.45, 7) is 8.68. The second-order valence-corrected chi connectivity index (χ2v) is 3.20. The molecule has 1 aliphatic rings. The Balaban J connectivity index is 2.28. The predicted octanol–water partition coefficient (Wildman–Crippen LogP) is 1.67. The SMILES string of the molecule is CCN1CCC(C(C)C)O1. The molecule has 1 heterocycles. The van der Waals surface area contributed by atoms with Crippen LogP contribution in [0.4, 0.5) is 0 Å². The highest BCUT2D eigenvalue weighted by Gasteiger charge is 2.24. The van der Waals surface area contributed by atoms with Gasteiger partial charge in [0, 0.05) is 13.1 Å². The first-order valence-corrected chi connectivity index (χ1v) is 4.15. The van der Waals surface area contributed by atoms with Crippen LogP contribution in [0.2, 0.25) is 0 Å². The summed E-state index contributed by atoms with van der Waals surface area (Å²) in [6, 6.07) is 0. The smallest absolute Gasteiger partial charge is 0.0829 e. The van der Waals surface area contributed by atoms with Gasteiger partial charge in [-0.1, -0.05) is 20.8 Å². The molecule has 0 aromatic carbocycles. The summed E-state index contributed by atoms with van der Waals surface area (Å²) in [5.74, 6) is 0.663. The molecule has 10 heavy (non-hydrogen) atoms. The van der Waals surface area contributed by atoms with E-state index in [0.717, 1.165) is 13.1 Å². The lowest BCUT2D eigenvalue weighted by molar-refractivity contribution is -0.153. The van der Waals surface area contributed by atoms with Gasteiger partial charge in [0.2, 0.25) is 0 Å². The lowest BCUT2D eigenvalue weighted by Crippen LogP contribution is -2.21. The summed E-state index contributed by atoms with van der Waals surface area (Å²) in [7, 11) is 0. The topological polar surface area (TPSA) is 12.5 Å². The maximum Gasteiger partial charge on any atom is 0.0829 e. The van der Waals surface area contributed by atoms with Crippen LogP contribution in [0.25, 0.3) is 0 Å². The maximum atomic E-state index is 5.61. The van der Waals surface area contributed by atoms with Crippen LogP contribution in [0.5, 0.6) is 0 Å². The van der Waals surface area contributed by atoms with Gasteiger partial charge in [0.25, 0.3) is 0 Å². The fourth-order valence-electron chi connectivity index (χ4n) is 1.26. The third-order valence-corrected chi connectivity index (χ3v) is 2.04. The molecule has 0 saturated carbocycles. The van der Waals surface area contributed by atoms with Crippen molar-refractivity contribution in [3.63, 3.8) is 0 Å². The van der Waals surface area contributed by atoms with Crippen LogP contribution in [0.3, 0.4) is 0 Å². The Hall–Kier alpha value is -0.0800. The second-order valence-electron chi connectivity index (χ2n) is 3.20. The zero-order valence-corrected chi connectivity index (χ0v) is 7.13. The molecule has 0 aromatic rings. The molecule has 0 bridgehead atoms. The summed E-state index contributed by atoms with van der Waals surface area (Å²) in [5, 5.41) is 2.05. The van der Waals surface area contributed by atoms with Crippen molar-refractivity contribution < 1.29 is 4.84 Å². The Kier molecular flexibility index (Phi) is 2.69. The minimum absolute atomic E-state index is 0.472. The van der Waals surface area contributed by atoms with E-state index >= 15 is 0 Å².